The number of rotatable bonds is 6. The lowest BCUT2D eigenvalue weighted by Crippen LogP contribution is -2.46. The van der Waals surface area contributed by atoms with Gasteiger partial charge in [-0.3, -0.25) is 9.89 Å². The molecule has 1 unspecified atom stereocenters. The molecule has 2 rings (SSSR count). The third kappa shape index (κ3) is 5.53. The normalized spacial score (nSPS) is 17.6. The van der Waals surface area contributed by atoms with E-state index >= 15 is 0 Å². The number of halogens is 1. The second kappa shape index (κ2) is 9.55. The van der Waals surface area contributed by atoms with Crippen LogP contribution in [-0.4, -0.2) is 57.3 Å². The number of hydrogen-bond acceptors (Lipinski definition) is 3. The van der Waals surface area contributed by atoms with Crippen LogP contribution in [0, 0.1) is 0 Å². The molecule has 1 atom stereocenters. The summed E-state index contributed by atoms with van der Waals surface area (Å²) in [6.45, 7) is 8.49. The molecule has 0 saturated carbocycles. The summed E-state index contributed by atoms with van der Waals surface area (Å²) in [5, 5.41) is 7.34. The van der Waals surface area contributed by atoms with Crippen molar-refractivity contribution < 1.29 is 4.74 Å². The van der Waals surface area contributed by atoms with Gasteiger partial charge in [-0.25, -0.2) is 0 Å². The Kier molecular flexibility index (Phi) is 7.39. The van der Waals surface area contributed by atoms with Gasteiger partial charge in [0.05, 0.1) is 19.3 Å². The van der Waals surface area contributed by atoms with Crippen molar-refractivity contribution in [3.8, 4) is 0 Å². The molecule has 1 heterocycles. The zero-order valence-corrected chi connectivity index (χ0v) is 14.4. The van der Waals surface area contributed by atoms with Crippen molar-refractivity contribution in [2.75, 3.05) is 46.4 Å². The topological polar surface area (TPSA) is 48.9 Å². The minimum Gasteiger partial charge on any atom is -0.379 e. The number of guanidine groups is 1. The first-order chi connectivity index (χ1) is 11.2. The van der Waals surface area contributed by atoms with Crippen LogP contribution in [0.3, 0.4) is 0 Å². The van der Waals surface area contributed by atoms with Crippen molar-refractivity contribution in [1.82, 2.24) is 15.5 Å². The fourth-order valence-electron chi connectivity index (χ4n) is 2.64. The van der Waals surface area contributed by atoms with Crippen LogP contribution in [0.25, 0.3) is 0 Å². The van der Waals surface area contributed by atoms with Crippen LogP contribution < -0.4 is 10.6 Å². The maximum absolute atomic E-state index is 6.18. The summed E-state index contributed by atoms with van der Waals surface area (Å²) in [6, 6.07) is 8.27. The first-order valence-corrected chi connectivity index (χ1v) is 8.25. The van der Waals surface area contributed by atoms with E-state index in [4.69, 9.17) is 16.3 Å². The molecular formula is C17H25ClN4O. The van der Waals surface area contributed by atoms with Crippen LogP contribution in [-0.2, 0) is 4.74 Å². The number of morpholine rings is 1. The SMILES string of the molecule is C=CCNC(=NC)NCC(c1cccc(Cl)c1)N1CCOCC1. The average Bonchev–Trinajstić information content (AvgIpc) is 2.59. The molecule has 0 spiro atoms. The van der Waals surface area contributed by atoms with Gasteiger partial charge >= 0.3 is 0 Å². The van der Waals surface area contributed by atoms with Gasteiger partial charge in [0.25, 0.3) is 0 Å². The van der Waals surface area contributed by atoms with Gasteiger partial charge in [0, 0.05) is 38.2 Å². The molecule has 126 valence electrons. The zero-order chi connectivity index (χ0) is 16.5. The van der Waals surface area contributed by atoms with E-state index in [1.54, 1.807) is 7.05 Å². The van der Waals surface area contributed by atoms with Crippen molar-refractivity contribution >= 4 is 17.6 Å². The molecule has 1 aliphatic rings. The molecule has 6 heteroatoms. The third-order valence-corrected chi connectivity index (χ3v) is 4.06. The number of ether oxygens (including phenoxy) is 1. The second-order valence-corrected chi connectivity index (χ2v) is 5.78. The first kappa shape index (κ1) is 17.8. The number of nitrogens with one attached hydrogen (secondary N) is 2. The molecule has 2 N–H and O–H groups in total. The largest absolute Gasteiger partial charge is 0.379 e. The van der Waals surface area contributed by atoms with Gasteiger partial charge in [0.1, 0.15) is 0 Å². The lowest BCUT2D eigenvalue weighted by molar-refractivity contribution is 0.0170. The van der Waals surface area contributed by atoms with Crippen LogP contribution >= 0.6 is 11.6 Å². The fraction of sp³-hybridized carbons (Fsp3) is 0.471. The van der Waals surface area contributed by atoms with E-state index in [1.165, 1.54) is 5.56 Å². The van der Waals surface area contributed by atoms with E-state index in [-0.39, 0.29) is 6.04 Å². The highest BCUT2D eigenvalue weighted by Crippen LogP contribution is 2.23. The molecular weight excluding hydrogens is 312 g/mol. The summed E-state index contributed by atoms with van der Waals surface area (Å²) in [4.78, 5) is 6.65. The van der Waals surface area contributed by atoms with E-state index < -0.39 is 0 Å². The second-order valence-electron chi connectivity index (χ2n) is 5.34. The van der Waals surface area contributed by atoms with Gasteiger partial charge < -0.3 is 15.4 Å². The first-order valence-electron chi connectivity index (χ1n) is 7.87. The number of nitrogens with zero attached hydrogens (tertiary/aromatic N) is 2. The van der Waals surface area contributed by atoms with Crippen LogP contribution in [0.15, 0.2) is 41.9 Å². The van der Waals surface area contributed by atoms with E-state index in [1.807, 2.05) is 24.3 Å². The molecule has 1 saturated heterocycles. The molecule has 1 aromatic rings. The van der Waals surface area contributed by atoms with Crippen molar-refractivity contribution in [3.05, 3.63) is 47.5 Å². The zero-order valence-electron chi connectivity index (χ0n) is 13.6. The lowest BCUT2D eigenvalue weighted by Gasteiger charge is -2.35. The molecule has 5 nitrogen and oxygen atoms in total. The molecule has 0 bridgehead atoms. The van der Waals surface area contributed by atoms with Crippen molar-refractivity contribution in [1.29, 1.82) is 0 Å². The molecule has 1 fully saturated rings. The fourth-order valence-corrected chi connectivity index (χ4v) is 2.84. The molecule has 1 aromatic carbocycles. The summed E-state index contributed by atoms with van der Waals surface area (Å²) >= 11 is 6.18. The van der Waals surface area contributed by atoms with Gasteiger partial charge in [0.15, 0.2) is 5.96 Å². The Hall–Kier alpha value is -1.56. The molecule has 0 amide bonds. The molecule has 1 aliphatic heterocycles. The highest BCUT2D eigenvalue weighted by Gasteiger charge is 2.23. The van der Waals surface area contributed by atoms with E-state index in [0.717, 1.165) is 43.8 Å². The Bertz CT molecular complexity index is 529. The van der Waals surface area contributed by atoms with Crippen molar-refractivity contribution in [3.63, 3.8) is 0 Å². The van der Waals surface area contributed by atoms with Crippen LogP contribution in [0.2, 0.25) is 5.02 Å². The molecule has 0 aliphatic carbocycles. The molecule has 0 radical (unpaired) electrons. The summed E-state index contributed by atoms with van der Waals surface area (Å²) in [5.74, 6) is 0.769. The number of benzene rings is 1. The number of hydrogen-bond donors (Lipinski definition) is 2. The number of aliphatic imine (C=N–C) groups is 1. The Morgan fingerprint density at radius 3 is 2.87 bits per heavy atom. The summed E-state index contributed by atoms with van der Waals surface area (Å²) in [5.41, 5.74) is 1.20. The van der Waals surface area contributed by atoms with E-state index in [0.29, 0.717) is 6.54 Å². The molecule has 23 heavy (non-hydrogen) atoms. The smallest absolute Gasteiger partial charge is 0.191 e. The Morgan fingerprint density at radius 1 is 1.43 bits per heavy atom. The highest BCUT2D eigenvalue weighted by atomic mass is 35.5. The highest BCUT2D eigenvalue weighted by molar-refractivity contribution is 6.30. The van der Waals surface area contributed by atoms with E-state index in [9.17, 15) is 0 Å². The minimum absolute atomic E-state index is 0.222. The maximum Gasteiger partial charge on any atom is 0.191 e. The summed E-state index contributed by atoms with van der Waals surface area (Å²) < 4.78 is 5.47. The third-order valence-electron chi connectivity index (χ3n) is 3.82. The van der Waals surface area contributed by atoms with Gasteiger partial charge in [0.2, 0.25) is 0 Å². The van der Waals surface area contributed by atoms with Gasteiger partial charge in [-0.2, -0.15) is 0 Å². The van der Waals surface area contributed by atoms with E-state index in [2.05, 4.69) is 33.2 Å². The standard InChI is InChI=1S/C17H25ClN4O/c1-3-7-20-17(19-2)21-13-16(22-8-10-23-11-9-22)14-5-4-6-15(18)12-14/h3-6,12,16H,1,7-11,13H2,2H3,(H2,19,20,21). The van der Waals surface area contributed by atoms with Crippen LogP contribution in [0.1, 0.15) is 11.6 Å². The summed E-state index contributed by atoms with van der Waals surface area (Å²) in [7, 11) is 1.77. The van der Waals surface area contributed by atoms with Crippen molar-refractivity contribution in [2.24, 2.45) is 4.99 Å². The predicted octanol–water partition coefficient (Wildman–Crippen LogP) is 2.06. The van der Waals surface area contributed by atoms with Crippen molar-refractivity contribution in [2.45, 2.75) is 6.04 Å². The lowest BCUT2D eigenvalue weighted by atomic mass is 10.0. The van der Waals surface area contributed by atoms with Gasteiger partial charge in [-0.1, -0.05) is 29.8 Å². The summed E-state index contributed by atoms with van der Waals surface area (Å²) in [6.07, 6.45) is 1.81. The maximum atomic E-state index is 6.18. The molecule has 0 aromatic heterocycles. The average molecular weight is 337 g/mol. The van der Waals surface area contributed by atoms with Gasteiger partial charge in [-0.05, 0) is 17.7 Å². The Labute approximate surface area is 143 Å². The van der Waals surface area contributed by atoms with Crippen LogP contribution in [0.4, 0.5) is 0 Å². The monoisotopic (exact) mass is 336 g/mol. The Balaban J connectivity index is 2.08. The van der Waals surface area contributed by atoms with Crippen LogP contribution in [0.5, 0.6) is 0 Å². The minimum atomic E-state index is 0.222. The van der Waals surface area contributed by atoms with Gasteiger partial charge in [-0.15, -0.1) is 6.58 Å². The quantitative estimate of drug-likeness (QED) is 0.474. The Morgan fingerprint density at radius 2 is 2.22 bits per heavy atom. The predicted molar refractivity (Wildman–Crippen MR) is 96.1 cm³/mol.